The predicted molar refractivity (Wildman–Crippen MR) is 122 cm³/mol. The predicted octanol–water partition coefficient (Wildman–Crippen LogP) is 2.84. The van der Waals surface area contributed by atoms with Crippen LogP contribution in [0.2, 0.25) is 0 Å². The number of nitrogens with zero attached hydrogens (tertiary/aromatic N) is 3. The minimum absolute atomic E-state index is 0.159. The third-order valence-electron chi connectivity index (χ3n) is 6.03. The quantitative estimate of drug-likeness (QED) is 0.643. The number of carbonyl (C=O) groups is 1. The van der Waals surface area contributed by atoms with Crippen LogP contribution in [-0.2, 0) is 23.6 Å². The SMILES string of the molecule is CCN(CC)S(=O)(=O)c1cc(C(=O)NCC2CCCCN2Cc2ccccc2)n(C)c1. The highest BCUT2D eigenvalue weighted by Crippen LogP contribution is 2.21. The first-order valence-corrected chi connectivity index (χ1v) is 12.5. The summed E-state index contributed by atoms with van der Waals surface area (Å²) >= 11 is 0. The first-order chi connectivity index (χ1) is 14.9. The van der Waals surface area contributed by atoms with Crippen LogP contribution in [0.5, 0.6) is 0 Å². The van der Waals surface area contributed by atoms with Gasteiger partial charge >= 0.3 is 0 Å². The second-order valence-corrected chi connectivity index (χ2v) is 10.0. The Morgan fingerprint density at radius 2 is 1.87 bits per heavy atom. The summed E-state index contributed by atoms with van der Waals surface area (Å²) in [4.78, 5) is 15.5. The molecule has 0 aliphatic carbocycles. The maximum absolute atomic E-state index is 12.9. The fraction of sp³-hybridized carbons (Fsp3) is 0.522. The van der Waals surface area contributed by atoms with E-state index in [0.29, 0.717) is 25.3 Å². The van der Waals surface area contributed by atoms with Gasteiger partial charge in [0.25, 0.3) is 5.91 Å². The van der Waals surface area contributed by atoms with E-state index in [4.69, 9.17) is 0 Å². The zero-order valence-corrected chi connectivity index (χ0v) is 19.6. The molecule has 1 fully saturated rings. The number of likely N-dealkylation sites (tertiary alicyclic amines) is 1. The highest BCUT2D eigenvalue weighted by molar-refractivity contribution is 7.89. The molecule has 8 heteroatoms. The summed E-state index contributed by atoms with van der Waals surface area (Å²) in [6, 6.07) is 12.1. The van der Waals surface area contributed by atoms with Gasteiger partial charge in [-0.05, 0) is 31.0 Å². The highest BCUT2D eigenvalue weighted by Gasteiger charge is 2.27. The number of nitrogens with one attached hydrogen (secondary N) is 1. The fourth-order valence-electron chi connectivity index (χ4n) is 4.23. The molecule has 0 radical (unpaired) electrons. The van der Waals surface area contributed by atoms with Crippen molar-refractivity contribution in [2.24, 2.45) is 7.05 Å². The van der Waals surface area contributed by atoms with E-state index in [9.17, 15) is 13.2 Å². The summed E-state index contributed by atoms with van der Waals surface area (Å²) in [6.07, 6.45) is 4.89. The number of rotatable bonds is 9. The van der Waals surface area contributed by atoms with Gasteiger partial charge in [-0.15, -0.1) is 0 Å². The molecule has 1 saturated heterocycles. The van der Waals surface area contributed by atoms with Crippen molar-refractivity contribution >= 4 is 15.9 Å². The van der Waals surface area contributed by atoms with Crippen molar-refractivity contribution in [3.05, 3.63) is 53.9 Å². The normalized spacial score (nSPS) is 17.7. The molecule has 2 heterocycles. The van der Waals surface area contributed by atoms with Crippen molar-refractivity contribution in [1.82, 2.24) is 19.1 Å². The van der Waals surface area contributed by atoms with Gasteiger partial charge < -0.3 is 9.88 Å². The Balaban J connectivity index is 1.66. The Morgan fingerprint density at radius 3 is 2.55 bits per heavy atom. The zero-order valence-electron chi connectivity index (χ0n) is 18.8. The molecule has 170 valence electrons. The summed E-state index contributed by atoms with van der Waals surface area (Å²) in [6.45, 7) is 6.85. The smallest absolute Gasteiger partial charge is 0.267 e. The Kier molecular flexibility index (Phi) is 7.91. The average Bonchev–Trinajstić information content (AvgIpc) is 3.17. The van der Waals surface area contributed by atoms with Crippen molar-refractivity contribution in [3.8, 4) is 0 Å². The summed E-state index contributed by atoms with van der Waals surface area (Å²) in [5.41, 5.74) is 1.63. The van der Waals surface area contributed by atoms with Crippen LogP contribution in [0.25, 0.3) is 0 Å². The second-order valence-electron chi connectivity index (χ2n) is 8.08. The zero-order chi connectivity index (χ0) is 22.4. The van der Waals surface area contributed by atoms with Crippen molar-refractivity contribution in [1.29, 1.82) is 0 Å². The van der Waals surface area contributed by atoms with Crippen LogP contribution in [0.1, 0.15) is 49.2 Å². The number of aromatic nitrogens is 1. The lowest BCUT2D eigenvalue weighted by atomic mass is 10.0. The number of sulfonamides is 1. The molecule has 1 amide bonds. The number of aryl methyl sites for hydroxylation is 1. The van der Waals surface area contributed by atoms with Gasteiger partial charge in [-0.2, -0.15) is 4.31 Å². The van der Waals surface area contributed by atoms with Gasteiger partial charge in [-0.3, -0.25) is 9.69 Å². The molecule has 1 N–H and O–H groups in total. The van der Waals surface area contributed by atoms with Crippen LogP contribution in [0.4, 0.5) is 0 Å². The minimum atomic E-state index is -3.59. The molecule has 31 heavy (non-hydrogen) atoms. The van der Waals surface area contributed by atoms with Crippen molar-refractivity contribution in [2.45, 2.75) is 50.6 Å². The Hall–Kier alpha value is -2.16. The average molecular weight is 447 g/mol. The largest absolute Gasteiger partial charge is 0.349 e. The van der Waals surface area contributed by atoms with Gasteiger partial charge in [0.2, 0.25) is 10.0 Å². The van der Waals surface area contributed by atoms with E-state index in [1.807, 2.05) is 19.9 Å². The van der Waals surface area contributed by atoms with Crippen molar-refractivity contribution in [2.75, 3.05) is 26.2 Å². The molecular formula is C23H34N4O3S. The number of amides is 1. The molecule has 0 saturated carbocycles. The summed E-state index contributed by atoms with van der Waals surface area (Å²) in [5.74, 6) is -0.242. The molecule has 0 bridgehead atoms. The minimum Gasteiger partial charge on any atom is -0.349 e. The standard InChI is InChI=1S/C23H34N4O3S/c1-4-27(5-2)31(29,30)21-15-22(25(3)18-21)23(28)24-16-20-13-9-10-14-26(20)17-19-11-7-6-8-12-19/h6-8,11-12,15,18,20H,4-5,9-10,13-14,16-17H2,1-3H3,(H,24,28). The molecule has 3 rings (SSSR count). The van der Waals surface area contributed by atoms with Gasteiger partial charge in [0, 0.05) is 45.5 Å². The van der Waals surface area contributed by atoms with Gasteiger partial charge in [-0.25, -0.2) is 8.42 Å². The lowest BCUT2D eigenvalue weighted by Crippen LogP contribution is -2.46. The van der Waals surface area contributed by atoms with E-state index >= 15 is 0 Å². The van der Waals surface area contributed by atoms with E-state index in [1.165, 1.54) is 28.6 Å². The van der Waals surface area contributed by atoms with E-state index in [0.717, 1.165) is 25.9 Å². The lowest BCUT2D eigenvalue weighted by molar-refractivity contribution is 0.0900. The van der Waals surface area contributed by atoms with Crippen LogP contribution in [0.3, 0.4) is 0 Å². The monoisotopic (exact) mass is 446 g/mol. The van der Waals surface area contributed by atoms with Crippen LogP contribution in [0.15, 0.2) is 47.5 Å². The molecule has 1 aliphatic heterocycles. The number of benzene rings is 1. The maximum Gasteiger partial charge on any atom is 0.267 e. The van der Waals surface area contributed by atoms with E-state index in [2.05, 4.69) is 34.5 Å². The number of piperidine rings is 1. The number of carbonyl (C=O) groups excluding carboxylic acids is 1. The van der Waals surface area contributed by atoms with Gasteiger partial charge in [0.05, 0.1) is 0 Å². The second kappa shape index (κ2) is 10.4. The molecule has 1 aromatic heterocycles. The Morgan fingerprint density at radius 1 is 1.16 bits per heavy atom. The first kappa shape index (κ1) is 23.5. The molecule has 2 aromatic rings. The molecule has 1 aliphatic rings. The summed E-state index contributed by atoms with van der Waals surface area (Å²) in [5, 5.41) is 3.04. The number of hydrogen-bond donors (Lipinski definition) is 1. The number of hydrogen-bond acceptors (Lipinski definition) is 4. The summed E-state index contributed by atoms with van der Waals surface area (Å²) < 4.78 is 28.5. The van der Waals surface area contributed by atoms with Gasteiger partial charge in [0.15, 0.2) is 0 Å². The molecule has 1 aromatic carbocycles. The van der Waals surface area contributed by atoms with E-state index in [-0.39, 0.29) is 16.8 Å². The third-order valence-corrected chi connectivity index (χ3v) is 8.05. The molecule has 1 atom stereocenters. The van der Waals surface area contributed by atoms with Crippen LogP contribution in [0, 0.1) is 0 Å². The maximum atomic E-state index is 12.9. The fourth-order valence-corrected chi connectivity index (χ4v) is 5.76. The van der Waals surface area contributed by atoms with Crippen molar-refractivity contribution < 1.29 is 13.2 Å². The lowest BCUT2D eigenvalue weighted by Gasteiger charge is -2.35. The molecule has 1 unspecified atom stereocenters. The molecular weight excluding hydrogens is 412 g/mol. The van der Waals surface area contributed by atoms with Crippen LogP contribution >= 0.6 is 0 Å². The Bertz CT molecular complexity index is 968. The van der Waals surface area contributed by atoms with Crippen LogP contribution in [-0.4, -0.2) is 60.3 Å². The molecule has 7 nitrogen and oxygen atoms in total. The first-order valence-electron chi connectivity index (χ1n) is 11.1. The highest BCUT2D eigenvalue weighted by atomic mass is 32.2. The Labute approximate surface area is 186 Å². The van der Waals surface area contributed by atoms with E-state index < -0.39 is 10.0 Å². The van der Waals surface area contributed by atoms with Crippen LogP contribution < -0.4 is 5.32 Å². The molecule has 0 spiro atoms. The topological polar surface area (TPSA) is 74.7 Å². The van der Waals surface area contributed by atoms with Gasteiger partial charge in [0.1, 0.15) is 10.6 Å². The van der Waals surface area contributed by atoms with E-state index in [1.54, 1.807) is 11.6 Å². The third kappa shape index (κ3) is 5.56. The van der Waals surface area contributed by atoms with Crippen molar-refractivity contribution in [3.63, 3.8) is 0 Å². The summed E-state index contributed by atoms with van der Waals surface area (Å²) in [7, 11) is -1.88. The van der Waals surface area contributed by atoms with Gasteiger partial charge in [-0.1, -0.05) is 50.6 Å².